The first kappa shape index (κ1) is 30.1. The summed E-state index contributed by atoms with van der Waals surface area (Å²) in [6.07, 6.45) is 25.7. The minimum Gasteiger partial charge on any atom is -0.394 e. The molecular formula is C27H53NO3. The maximum Gasteiger partial charge on any atom is 0.220 e. The van der Waals surface area contributed by atoms with Crippen LogP contribution in [0.3, 0.4) is 0 Å². The third-order valence-corrected chi connectivity index (χ3v) is 6.02. The summed E-state index contributed by atoms with van der Waals surface area (Å²) in [5.74, 6) is -0.0765. The Hall–Kier alpha value is -0.870. The molecule has 184 valence electrons. The summed E-state index contributed by atoms with van der Waals surface area (Å²) in [6.45, 7) is 4.21. The molecule has 0 aromatic heterocycles. The first-order chi connectivity index (χ1) is 15.2. The van der Waals surface area contributed by atoms with E-state index in [1.54, 1.807) is 6.08 Å². The molecule has 2 atom stereocenters. The molecular weight excluding hydrogens is 386 g/mol. The largest absolute Gasteiger partial charge is 0.394 e. The van der Waals surface area contributed by atoms with Gasteiger partial charge in [0.2, 0.25) is 5.91 Å². The van der Waals surface area contributed by atoms with Gasteiger partial charge >= 0.3 is 0 Å². The van der Waals surface area contributed by atoms with Gasteiger partial charge in [0.05, 0.1) is 18.8 Å². The van der Waals surface area contributed by atoms with Crippen molar-refractivity contribution in [2.75, 3.05) is 6.61 Å². The van der Waals surface area contributed by atoms with E-state index >= 15 is 0 Å². The number of unbranched alkanes of at least 4 members (excludes halogenated alkanes) is 16. The van der Waals surface area contributed by atoms with E-state index in [9.17, 15) is 15.0 Å². The van der Waals surface area contributed by atoms with Crippen molar-refractivity contribution in [2.45, 2.75) is 148 Å². The van der Waals surface area contributed by atoms with E-state index in [2.05, 4.69) is 19.2 Å². The maximum absolute atomic E-state index is 12.0. The molecule has 3 N–H and O–H groups in total. The van der Waals surface area contributed by atoms with E-state index < -0.39 is 12.1 Å². The van der Waals surface area contributed by atoms with Gasteiger partial charge in [-0.1, -0.05) is 122 Å². The van der Waals surface area contributed by atoms with Gasteiger partial charge in [0.25, 0.3) is 0 Å². The quantitative estimate of drug-likeness (QED) is 0.121. The lowest BCUT2D eigenvalue weighted by Crippen LogP contribution is -2.45. The van der Waals surface area contributed by atoms with Crippen molar-refractivity contribution in [3.63, 3.8) is 0 Å². The molecule has 0 heterocycles. The van der Waals surface area contributed by atoms with E-state index in [0.29, 0.717) is 6.42 Å². The monoisotopic (exact) mass is 439 g/mol. The average molecular weight is 440 g/mol. The Kier molecular flexibility index (Phi) is 23.1. The van der Waals surface area contributed by atoms with Crippen molar-refractivity contribution in [3.8, 4) is 0 Å². The molecule has 4 heteroatoms. The summed E-state index contributed by atoms with van der Waals surface area (Å²) in [4.78, 5) is 12.0. The van der Waals surface area contributed by atoms with Crippen LogP contribution < -0.4 is 5.32 Å². The molecule has 0 aliphatic carbocycles. The lowest BCUT2D eigenvalue weighted by Gasteiger charge is -2.20. The predicted molar refractivity (Wildman–Crippen MR) is 133 cm³/mol. The molecule has 0 rings (SSSR count). The van der Waals surface area contributed by atoms with E-state index in [-0.39, 0.29) is 12.5 Å². The zero-order valence-corrected chi connectivity index (χ0v) is 20.8. The normalized spacial score (nSPS) is 13.5. The van der Waals surface area contributed by atoms with Crippen LogP contribution in [-0.4, -0.2) is 34.9 Å². The highest BCUT2D eigenvalue weighted by molar-refractivity contribution is 5.76. The average Bonchev–Trinajstić information content (AvgIpc) is 2.77. The highest BCUT2D eigenvalue weighted by atomic mass is 16.3. The maximum atomic E-state index is 12.0. The Morgan fingerprint density at radius 2 is 1.19 bits per heavy atom. The molecule has 0 bridgehead atoms. The Bertz CT molecular complexity index is 411. The fraction of sp³-hybridized carbons (Fsp3) is 0.889. The van der Waals surface area contributed by atoms with Crippen LogP contribution in [0.1, 0.15) is 136 Å². The molecule has 0 aliphatic heterocycles. The number of aliphatic hydroxyl groups is 2. The minimum absolute atomic E-state index is 0.0765. The van der Waals surface area contributed by atoms with Crippen molar-refractivity contribution in [2.24, 2.45) is 0 Å². The minimum atomic E-state index is -0.828. The van der Waals surface area contributed by atoms with Crippen molar-refractivity contribution in [3.05, 3.63) is 12.2 Å². The molecule has 0 saturated heterocycles. The van der Waals surface area contributed by atoms with Gasteiger partial charge in [-0.25, -0.2) is 0 Å². The number of allylic oxidation sites excluding steroid dienone is 1. The van der Waals surface area contributed by atoms with Crippen LogP contribution in [0.2, 0.25) is 0 Å². The molecule has 0 aromatic rings. The van der Waals surface area contributed by atoms with Crippen LogP contribution in [0.25, 0.3) is 0 Å². The lowest BCUT2D eigenvalue weighted by molar-refractivity contribution is -0.123. The van der Waals surface area contributed by atoms with E-state index in [0.717, 1.165) is 25.7 Å². The van der Waals surface area contributed by atoms with Crippen LogP contribution in [0.5, 0.6) is 0 Å². The van der Waals surface area contributed by atoms with Gasteiger partial charge in [0, 0.05) is 6.42 Å². The number of aliphatic hydroxyl groups excluding tert-OH is 2. The van der Waals surface area contributed by atoms with E-state index in [1.165, 1.54) is 89.9 Å². The van der Waals surface area contributed by atoms with Gasteiger partial charge in [0.15, 0.2) is 0 Å². The summed E-state index contributed by atoms with van der Waals surface area (Å²) in [6, 6.07) is -0.610. The molecule has 0 fully saturated rings. The predicted octanol–water partition coefficient (Wildman–Crippen LogP) is 6.83. The van der Waals surface area contributed by atoms with Gasteiger partial charge in [-0.3, -0.25) is 4.79 Å². The van der Waals surface area contributed by atoms with Gasteiger partial charge in [-0.05, 0) is 19.3 Å². The molecule has 0 saturated carbocycles. The first-order valence-electron chi connectivity index (χ1n) is 13.4. The summed E-state index contributed by atoms with van der Waals surface area (Å²) in [5.41, 5.74) is 0. The number of carbonyl (C=O) groups excluding carboxylic acids is 1. The number of hydrogen-bond acceptors (Lipinski definition) is 3. The number of hydrogen-bond donors (Lipinski definition) is 3. The number of amides is 1. The summed E-state index contributed by atoms with van der Waals surface area (Å²) in [7, 11) is 0. The third-order valence-electron chi connectivity index (χ3n) is 6.02. The van der Waals surface area contributed by atoms with E-state index in [1.807, 2.05) is 6.08 Å². The van der Waals surface area contributed by atoms with Crippen molar-refractivity contribution in [1.29, 1.82) is 0 Å². The zero-order chi connectivity index (χ0) is 23.0. The van der Waals surface area contributed by atoms with Gasteiger partial charge in [-0.2, -0.15) is 0 Å². The highest BCUT2D eigenvalue weighted by Crippen LogP contribution is 2.12. The molecule has 0 aliphatic rings. The molecule has 0 radical (unpaired) electrons. The summed E-state index contributed by atoms with van der Waals surface area (Å²) in [5, 5.41) is 22.5. The SMILES string of the molecule is CCCCCCCCCCCCC/C=C/C(O)C(CO)NC(=O)CCCCCCCC. The van der Waals surface area contributed by atoms with Crippen molar-refractivity contribution < 1.29 is 15.0 Å². The Balaban J connectivity index is 3.70. The van der Waals surface area contributed by atoms with E-state index in [4.69, 9.17) is 0 Å². The molecule has 31 heavy (non-hydrogen) atoms. The van der Waals surface area contributed by atoms with Crippen molar-refractivity contribution >= 4 is 5.91 Å². The Morgan fingerprint density at radius 3 is 1.68 bits per heavy atom. The van der Waals surface area contributed by atoms with Gasteiger partial charge in [0.1, 0.15) is 0 Å². The molecule has 2 unspecified atom stereocenters. The fourth-order valence-electron chi connectivity index (χ4n) is 3.88. The second kappa shape index (κ2) is 23.8. The zero-order valence-electron chi connectivity index (χ0n) is 20.8. The first-order valence-corrected chi connectivity index (χ1v) is 13.4. The van der Waals surface area contributed by atoms with Crippen molar-refractivity contribution in [1.82, 2.24) is 5.32 Å². The van der Waals surface area contributed by atoms with Crippen LogP contribution >= 0.6 is 0 Å². The molecule has 0 aromatic carbocycles. The number of rotatable bonds is 23. The second-order valence-electron chi connectivity index (χ2n) is 9.12. The second-order valence-corrected chi connectivity index (χ2v) is 9.12. The van der Waals surface area contributed by atoms with Gasteiger partial charge < -0.3 is 15.5 Å². The topological polar surface area (TPSA) is 69.6 Å². The highest BCUT2D eigenvalue weighted by Gasteiger charge is 2.17. The van der Waals surface area contributed by atoms with Crippen LogP contribution in [0.15, 0.2) is 12.2 Å². The molecule has 0 spiro atoms. The summed E-state index contributed by atoms with van der Waals surface area (Å²) >= 11 is 0. The fourth-order valence-corrected chi connectivity index (χ4v) is 3.88. The third kappa shape index (κ3) is 20.8. The smallest absolute Gasteiger partial charge is 0.220 e. The number of carbonyl (C=O) groups is 1. The summed E-state index contributed by atoms with van der Waals surface area (Å²) < 4.78 is 0. The Labute approximate surface area is 193 Å². The standard InChI is InChI=1S/C27H53NO3/c1-3-5-7-9-11-12-13-14-15-16-17-18-20-22-26(30)25(24-29)28-27(31)23-21-19-10-8-6-4-2/h20,22,25-26,29-30H,3-19,21,23-24H2,1-2H3,(H,28,31)/b22-20+. The Morgan fingerprint density at radius 1 is 0.742 bits per heavy atom. The van der Waals surface area contributed by atoms with Gasteiger partial charge in [-0.15, -0.1) is 0 Å². The lowest BCUT2D eigenvalue weighted by atomic mass is 10.0. The molecule has 4 nitrogen and oxygen atoms in total. The number of nitrogens with one attached hydrogen (secondary N) is 1. The van der Waals surface area contributed by atoms with Crippen LogP contribution in [-0.2, 0) is 4.79 Å². The molecule has 1 amide bonds. The van der Waals surface area contributed by atoms with Crippen LogP contribution in [0.4, 0.5) is 0 Å². The van der Waals surface area contributed by atoms with Crippen LogP contribution in [0, 0.1) is 0 Å².